The maximum atomic E-state index is 6.50. The quantitative estimate of drug-likeness (QED) is 0.289. The van der Waals surface area contributed by atoms with E-state index < -0.39 is 0 Å². The van der Waals surface area contributed by atoms with E-state index in [-0.39, 0.29) is 17.1 Å². The molecule has 5 heteroatoms. The van der Waals surface area contributed by atoms with Crippen molar-refractivity contribution in [2.45, 2.75) is 0 Å². The van der Waals surface area contributed by atoms with Crippen molar-refractivity contribution in [1.29, 1.82) is 0 Å². The van der Waals surface area contributed by atoms with Gasteiger partial charge < -0.3 is 22.3 Å². The van der Waals surface area contributed by atoms with Crippen molar-refractivity contribution in [2.24, 2.45) is 5.90 Å². The molecule has 0 aromatic carbocycles. The molecule has 0 radical (unpaired) electrons. The largest absolute Gasteiger partial charge is 0.412 e. The lowest BCUT2D eigenvalue weighted by molar-refractivity contribution is 0.311. The van der Waals surface area contributed by atoms with Crippen LogP contribution in [0.3, 0.4) is 0 Å². The monoisotopic (exact) mass is 86.1 g/mol. The Morgan fingerprint density at radius 2 is 1.00 bits per heavy atom. The molecule has 0 bridgehead atoms. The van der Waals surface area contributed by atoms with Crippen LogP contribution < -0.4 is 12.0 Å². The minimum Gasteiger partial charge on any atom is -0.412 e. The second kappa shape index (κ2) is 745. The van der Waals surface area contributed by atoms with Gasteiger partial charge in [-0.2, -0.15) is 0 Å². The van der Waals surface area contributed by atoms with Gasteiger partial charge in [0.25, 0.3) is 0 Å². The third kappa shape index (κ3) is 308. The van der Waals surface area contributed by atoms with E-state index in [0.717, 1.165) is 0 Å². The van der Waals surface area contributed by atoms with E-state index in [2.05, 4.69) is 5.90 Å². The van der Waals surface area contributed by atoms with Crippen LogP contribution in [-0.4, -0.2) is 16.2 Å². The molecule has 0 atom stereocenters. The highest BCUT2D eigenvalue weighted by Crippen LogP contribution is 0.410. The van der Waals surface area contributed by atoms with E-state index in [1.807, 2.05) is 0 Å². The summed E-state index contributed by atoms with van der Waals surface area (Å²) in [5.41, 5.74) is 0. The van der Waals surface area contributed by atoms with Crippen molar-refractivity contribution in [1.82, 2.24) is 6.15 Å². The normalized spacial score (nSPS) is 1.20. The van der Waals surface area contributed by atoms with Gasteiger partial charge in [0.2, 0.25) is 0 Å². The second-order valence-corrected chi connectivity index (χ2v) is 0. The van der Waals surface area contributed by atoms with Crippen molar-refractivity contribution < 1.29 is 16.2 Å². The molecule has 0 aliphatic rings. The lowest BCUT2D eigenvalue weighted by Gasteiger charge is -1.27. The van der Waals surface area contributed by atoms with Crippen molar-refractivity contribution in [3.05, 3.63) is 0 Å². The molecule has 0 unspecified atom stereocenters. The lowest BCUT2D eigenvalue weighted by atomic mass is 13.6. The molecular formula is H10N2O3. The Hall–Kier alpha value is -0.200. The van der Waals surface area contributed by atoms with Gasteiger partial charge >= 0.3 is 0 Å². The Morgan fingerprint density at radius 1 is 1.00 bits per heavy atom. The first-order valence-corrected chi connectivity index (χ1v) is 0.258. The van der Waals surface area contributed by atoms with Crippen molar-refractivity contribution in [2.75, 3.05) is 0 Å². The molecule has 0 rings (SSSR count). The van der Waals surface area contributed by atoms with Gasteiger partial charge in [-0.3, -0.25) is 0 Å². The van der Waals surface area contributed by atoms with Crippen LogP contribution in [0.4, 0.5) is 0 Å². The summed E-state index contributed by atoms with van der Waals surface area (Å²) in [7, 11) is 0. The van der Waals surface area contributed by atoms with Crippen molar-refractivity contribution in [3.63, 3.8) is 0 Å². The first-order chi connectivity index (χ1) is 1.00. The number of nitrogens with two attached hydrogens (primary N) is 1. The summed E-state index contributed by atoms with van der Waals surface area (Å²) >= 11 is 0. The molecule has 0 saturated carbocycles. The molecule has 0 aliphatic heterocycles. The predicted molar refractivity (Wildman–Crippen MR) is 18.2 cm³/mol. The highest BCUT2D eigenvalue weighted by atomic mass is 16.4. The van der Waals surface area contributed by atoms with Crippen LogP contribution in [0.2, 0.25) is 0 Å². The van der Waals surface area contributed by atoms with Crippen LogP contribution in [0.1, 0.15) is 0 Å². The van der Waals surface area contributed by atoms with E-state index in [9.17, 15) is 0 Å². The zero-order valence-corrected chi connectivity index (χ0v) is 2.73. The van der Waals surface area contributed by atoms with E-state index in [1.165, 1.54) is 0 Å². The molecule has 0 heterocycles. The Kier molecular flexibility index (Phi) is 16100. The predicted octanol–water partition coefficient (Wildman–Crippen LogP) is -2.15. The molecule has 0 aromatic heterocycles. The molecule has 0 fully saturated rings. The molecule has 5 nitrogen and oxygen atoms in total. The van der Waals surface area contributed by atoms with Gasteiger partial charge in [0.05, 0.1) is 0 Å². The SMILES string of the molecule is N.NO.O.O. The topological polar surface area (TPSA) is 144 Å². The summed E-state index contributed by atoms with van der Waals surface area (Å²) in [6, 6.07) is 0. The van der Waals surface area contributed by atoms with Crippen LogP contribution >= 0.6 is 0 Å². The Labute approximate surface area is 29.6 Å². The molecule has 0 aromatic rings. The van der Waals surface area contributed by atoms with Crippen molar-refractivity contribution in [3.8, 4) is 0 Å². The van der Waals surface area contributed by atoms with Gasteiger partial charge in [0.15, 0.2) is 0 Å². The fourth-order valence-electron chi connectivity index (χ4n) is 0. The highest BCUT2D eigenvalue weighted by molar-refractivity contribution is 2.77. The Bertz CT molecular complexity index is 4.85. The summed E-state index contributed by atoms with van der Waals surface area (Å²) in [5, 5.41) is 6.50. The fraction of sp³-hybridized carbons (Fsp3) is 0. The van der Waals surface area contributed by atoms with Crippen LogP contribution in [0.25, 0.3) is 0 Å². The minimum atomic E-state index is 0. The van der Waals surface area contributed by atoms with Crippen molar-refractivity contribution >= 4 is 0 Å². The standard InChI is InChI=1S/H3NO.H3N.2H2O/c1-2;;;/h2H,1H2;1H3;2*1H2. The van der Waals surface area contributed by atoms with Crippen LogP contribution in [0.5, 0.6) is 0 Å². The zero-order chi connectivity index (χ0) is 2.00. The minimum absolute atomic E-state index is 0. The van der Waals surface area contributed by atoms with E-state index in [1.54, 1.807) is 0 Å². The molecule has 5 heavy (non-hydrogen) atoms. The van der Waals surface area contributed by atoms with Gasteiger partial charge in [0.1, 0.15) is 0 Å². The highest BCUT2D eigenvalue weighted by Gasteiger charge is 0.732. The molecule has 10 N–H and O–H groups in total. The Morgan fingerprint density at radius 3 is 1.00 bits per heavy atom. The first-order valence-electron chi connectivity index (χ1n) is 0.258. The maximum Gasteiger partial charge on any atom is -0.219 e. The average molecular weight is 86.1 g/mol. The van der Waals surface area contributed by atoms with Gasteiger partial charge in [-0.1, -0.05) is 0 Å². The van der Waals surface area contributed by atoms with E-state index in [0.29, 0.717) is 0 Å². The van der Waals surface area contributed by atoms with E-state index >= 15 is 0 Å². The first kappa shape index (κ1) is 108. The van der Waals surface area contributed by atoms with E-state index in [4.69, 9.17) is 5.21 Å². The third-order valence-electron chi connectivity index (χ3n) is 0. The van der Waals surface area contributed by atoms with Crippen LogP contribution in [0, 0.1) is 0 Å². The summed E-state index contributed by atoms with van der Waals surface area (Å²) < 4.78 is 0. The number of hydrogen-bond donors (Lipinski definition) is 3. The van der Waals surface area contributed by atoms with Gasteiger partial charge in [-0.05, 0) is 0 Å². The number of hydrogen-bond acceptors (Lipinski definition) is 3. The third-order valence-corrected chi connectivity index (χ3v) is 0. The maximum absolute atomic E-state index is 6.50. The molecule has 38 valence electrons. The van der Waals surface area contributed by atoms with Gasteiger partial charge in [-0.15, -0.1) is 0 Å². The van der Waals surface area contributed by atoms with Crippen LogP contribution in [-0.2, 0) is 0 Å². The summed E-state index contributed by atoms with van der Waals surface area (Å²) in [5.74, 6) is 3.50. The summed E-state index contributed by atoms with van der Waals surface area (Å²) in [6.45, 7) is 0. The smallest absolute Gasteiger partial charge is 0.219 e. The molecular weight excluding hydrogens is 76.0 g/mol. The Balaban J connectivity index is -0.00000000167. The molecule has 0 spiro atoms. The summed E-state index contributed by atoms with van der Waals surface area (Å²) in [4.78, 5) is 0. The number of rotatable bonds is 0. The molecule has 0 amide bonds. The fourth-order valence-corrected chi connectivity index (χ4v) is 0. The molecule has 0 saturated heterocycles. The summed E-state index contributed by atoms with van der Waals surface area (Å²) in [6.07, 6.45) is 0. The van der Waals surface area contributed by atoms with Gasteiger partial charge in [-0.25, -0.2) is 5.90 Å². The van der Waals surface area contributed by atoms with Gasteiger partial charge in [0, 0.05) is 0 Å². The second-order valence-electron chi connectivity index (χ2n) is 0. The molecule has 0 aliphatic carbocycles. The average Bonchev–Trinajstić information content (AvgIpc) is 1.00. The van der Waals surface area contributed by atoms with Crippen LogP contribution in [0.15, 0.2) is 0 Å². The zero-order valence-electron chi connectivity index (χ0n) is 2.73. The lowest BCUT2D eigenvalue weighted by Crippen LogP contribution is -1.72.